The highest BCUT2D eigenvalue weighted by Gasteiger charge is 2.15. The molecule has 17 heavy (non-hydrogen) atoms. The fourth-order valence-corrected chi connectivity index (χ4v) is 2.41. The summed E-state index contributed by atoms with van der Waals surface area (Å²) < 4.78 is 1.69. The van der Waals surface area contributed by atoms with Crippen molar-refractivity contribution in [2.75, 3.05) is 5.73 Å². The summed E-state index contributed by atoms with van der Waals surface area (Å²) in [4.78, 5) is 4.44. The molecule has 3 N–H and O–H groups in total. The van der Waals surface area contributed by atoms with Crippen molar-refractivity contribution in [3.63, 3.8) is 0 Å². The lowest BCUT2D eigenvalue weighted by atomic mass is 10.2. The molecule has 0 saturated heterocycles. The highest BCUT2D eigenvalue weighted by atomic mass is 15.3. The van der Waals surface area contributed by atoms with E-state index in [2.05, 4.69) is 15.4 Å². The van der Waals surface area contributed by atoms with Gasteiger partial charge in [0.15, 0.2) is 11.5 Å². The van der Waals surface area contributed by atoms with Crippen LogP contribution in [0, 0.1) is 0 Å². The minimum atomic E-state index is 0.627. The molecule has 2 aromatic rings. The van der Waals surface area contributed by atoms with Crippen molar-refractivity contribution in [3.8, 4) is 0 Å². The molecule has 1 aliphatic rings. The van der Waals surface area contributed by atoms with E-state index in [-0.39, 0.29) is 0 Å². The molecule has 1 fully saturated rings. The molecule has 0 spiro atoms. The number of pyridine rings is 1. The average molecular weight is 231 g/mol. The zero-order chi connectivity index (χ0) is 11.7. The smallest absolute Gasteiger partial charge is 0.165 e. The number of nitrogens with two attached hydrogens (primary N) is 1. The van der Waals surface area contributed by atoms with Crippen LogP contribution in [0.2, 0.25) is 0 Å². The van der Waals surface area contributed by atoms with Crippen molar-refractivity contribution in [2.45, 2.75) is 38.3 Å². The summed E-state index contributed by atoms with van der Waals surface area (Å²) in [5.74, 6) is 1.44. The maximum atomic E-state index is 5.83. The molecule has 0 bridgehead atoms. The molecule has 2 aromatic heterocycles. The van der Waals surface area contributed by atoms with Crippen LogP contribution in [0.1, 0.15) is 31.5 Å². The van der Waals surface area contributed by atoms with Crippen LogP contribution in [0.4, 0.5) is 5.82 Å². The Hall–Kier alpha value is -1.62. The van der Waals surface area contributed by atoms with Gasteiger partial charge >= 0.3 is 0 Å². The van der Waals surface area contributed by atoms with Crippen LogP contribution < -0.4 is 11.1 Å². The Morgan fingerprint density at radius 3 is 2.94 bits per heavy atom. The lowest BCUT2D eigenvalue weighted by molar-refractivity contribution is 0.513. The number of rotatable bonds is 3. The molecule has 5 heteroatoms. The lowest BCUT2D eigenvalue weighted by Crippen LogP contribution is -2.25. The van der Waals surface area contributed by atoms with E-state index >= 15 is 0 Å². The number of anilines is 1. The standard InChI is InChI=1S/C12H17N5/c13-10-6-3-7-12-15-11(16-17(10)12)8-14-9-4-1-2-5-9/h3,6-7,9,14H,1-2,4-5,8,13H2. The number of hydrogen-bond donors (Lipinski definition) is 2. The van der Waals surface area contributed by atoms with Crippen molar-refractivity contribution in [3.05, 3.63) is 24.0 Å². The van der Waals surface area contributed by atoms with Crippen LogP contribution in [0.15, 0.2) is 18.2 Å². The second-order valence-electron chi connectivity index (χ2n) is 4.61. The van der Waals surface area contributed by atoms with E-state index in [4.69, 9.17) is 5.73 Å². The van der Waals surface area contributed by atoms with Crippen molar-refractivity contribution in [1.29, 1.82) is 0 Å². The maximum Gasteiger partial charge on any atom is 0.165 e. The topological polar surface area (TPSA) is 68.2 Å². The van der Waals surface area contributed by atoms with Gasteiger partial charge in [-0.1, -0.05) is 18.9 Å². The van der Waals surface area contributed by atoms with Gasteiger partial charge in [-0.15, -0.1) is 5.10 Å². The van der Waals surface area contributed by atoms with E-state index in [1.165, 1.54) is 25.7 Å². The van der Waals surface area contributed by atoms with Crippen LogP contribution in [0.3, 0.4) is 0 Å². The number of aromatic nitrogens is 3. The number of fused-ring (bicyclic) bond motifs is 1. The molecule has 0 amide bonds. The predicted octanol–water partition coefficient (Wildman–Crippen LogP) is 1.34. The number of nitrogen functional groups attached to an aromatic ring is 1. The highest BCUT2D eigenvalue weighted by molar-refractivity contribution is 5.45. The SMILES string of the molecule is Nc1cccc2nc(CNC3CCCC3)nn12. The number of nitrogens with one attached hydrogen (secondary N) is 1. The van der Waals surface area contributed by atoms with Gasteiger partial charge in [0.05, 0.1) is 6.54 Å². The van der Waals surface area contributed by atoms with Crippen molar-refractivity contribution in [1.82, 2.24) is 19.9 Å². The normalized spacial score (nSPS) is 16.9. The molecule has 1 aliphatic carbocycles. The van der Waals surface area contributed by atoms with Crippen LogP contribution in [0.5, 0.6) is 0 Å². The van der Waals surface area contributed by atoms with Gasteiger partial charge in [-0.05, 0) is 25.0 Å². The second kappa shape index (κ2) is 4.33. The van der Waals surface area contributed by atoms with Crippen LogP contribution in [0.25, 0.3) is 5.65 Å². The highest BCUT2D eigenvalue weighted by Crippen LogP contribution is 2.17. The molecule has 0 aromatic carbocycles. The van der Waals surface area contributed by atoms with Crippen molar-refractivity contribution >= 4 is 11.5 Å². The Labute approximate surface area is 100 Å². The molecule has 1 saturated carbocycles. The second-order valence-corrected chi connectivity index (χ2v) is 4.61. The van der Waals surface area contributed by atoms with E-state index in [1.54, 1.807) is 4.52 Å². The maximum absolute atomic E-state index is 5.83. The minimum Gasteiger partial charge on any atom is -0.384 e. The first-order valence-corrected chi connectivity index (χ1v) is 6.16. The summed E-state index contributed by atoms with van der Waals surface area (Å²) in [5, 5.41) is 7.89. The van der Waals surface area contributed by atoms with Gasteiger partial charge in [0, 0.05) is 6.04 Å². The lowest BCUT2D eigenvalue weighted by Gasteiger charge is -2.08. The van der Waals surface area contributed by atoms with E-state index in [0.717, 1.165) is 18.0 Å². The monoisotopic (exact) mass is 231 g/mol. The van der Waals surface area contributed by atoms with Gasteiger partial charge < -0.3 is 11.1 Å². The van der Waals surface area contributed by atoms with Crippen LogP contribution in [-0.2, 0) is 6.54 Å². The Morgan fingerprint density at radius 2 is 2.18 bits per heavy atom. The molecule has 0 unspecified atom stereocenters. The first-order chi connectivity index (χ1) is 8.33. The third-order valence-electron chi connectivity index (χ3n) is 3.34. The summed E-state index contributed by atoms with van der Waals surface area (Å²) >= 11 is 0. The predicted molar refractivity (Wildman–Crippen MR) is 66.5 cm³/mol. The zero-order valence-corrected chi connectivity index (χ0v) is 9.76. The molecule has 5 nitrogen and oxygen atoms in total. The van der Waals surface area contributed by atoms with Gasteiger partial charge in [0.2, 0.25) is 0 Å². The molecule has 2 heterocycles. The molecule has 0 radical (unpaired) electrons. The van der Waals surface area contributed by atoms with Crippen molar-refractivity contribution in [2.24, 2.45) is 0 Å². The van der Waals surface area contributed by atoms with E-state index in [9.17, 15) is 0 Å². The third-order valence-corrected chi connectivity index (χ3v) is 3.34. The van der Waals surface area contributed by atoms with E-state index in [1.807, 2.05) is 18.2 Å². The largest absolute Gasteiger partial charge is 0.384 e. The minimum absolute atomic E-state index is 0.627. The Balaban J connectivity index is 1.74. The molecule has 0 atom stereocenters. The summed E-state index contributed by atoms with van der Waals surface area (Å²) in [6.45, 7) is 0.728. The fourth-order valence-electron chi connectivity index (χ4n) is 2.41. The van der Waals surface area contributed by atoms with E-state index in [0.29, 0.717) is 11.9 Å². The summed E-state index contributed by atoms with van der Waals surface area (Å²) in [6.07, 6.45) is 5.22. The Bertz CT molecular complexity index is 513. The summed E-state index contributed by atoms with van der Waals surface area (Å²) in [6, 6.07) is 6.28. The third kappa shape index (κ3) is 2.10. The van der Waals surface area contributed by atoms with Gasteiger partial charge in [0.25, 0.3) is 0 Å². The Kier molecular flexibility index (Phi) is 2.68. The summed E-state index contributed by atoms with van der Waals surface area (Å²) in [7, 11) is 0. The molecule has 3 rings (SSSR count). The van der Waals surface area contributed by atoms with Crippen LogP contribution in [-0.4, -0.2) is 20.6 Å². The summed E-state index contributed by atoms with van der Waals surface area (Å²) in [5.41, 5.74) is 6.64. The van der Waals surface area contributed by atoms with Gasteiger partial charge in [-0.25, -0.2) is 4.98 Å². The van der Waals surface area contributed by atoms with Crippen molar-refractivity contribution < 1.29 is 0 Å². The van der Waals surface area contributed by atoms with Gasteiger partial charge in [-0.2, -0.15) is 4.52 Å². The zero-order valence-electron chi connectivity index (χ0n) is 9.76. The van der Waals surface area contributed by atoms with Gasteiger partial charge in [-0.3, -0.25) is 0 Å². The number of hydrogen-bond acceptors (Lipinski definition) is 4. The van der Waals surface area contributed by atoms with Crippen LogP contribution >= 0.6 is 0 Å². The quantitative estimate of drug-likeness (QED) is 0.836. The van der Waals surface area contributed by atoms with E-state index < -0.39 is 0 Å². The first-order valence-electron chi connectivity index (χ1n) is 6.16. The Morgan fingerprint density at radius 1 is 1.35 bits per heavy atom. The first kappa shape index (κ1) is 10.5. The average Bonchev–Trinajstić information content (AvgIpc) is 2.95. The van der Waals surface area contributed by atoms with Gasteiger partial charge in [0.1, 0.15) is 5.82 Å². The molecule has 0 aliphatic heterocycles. The molecular weight excluding hydrogens is 214 g/mol. The number of nitrogens with zero attached hydrogens (tertiary/aromatic N) is 3. The molecule has 90 valence electrons. The fraction of sp³-hybridized carbons (Fsp3) is 0.500. The molecular formula is C12H17N5.